The molecule has 0 unspecified atom stereocenters. The monoisotopic (exact) mass is 353 g/mol. The fourth-order valence-electron chi connectivity index (χ4n) is 2.53. The van der Waals surface area contributed by atoms with Crippen molar-refractivity contribution in [3.8, 4) is 17.1 Å². The second-order valence-electron chi connectivity index (χ2n) is 5.73. The van der Waals surface area contributed by atoms with Crippen molar-refractivity contribution in [3.05, 3.63) is 70.5 Å². The van der Waals surface area contributed by atoms with Crippen LogP contribution in [0, 0.1) is 6.92 Å². The summed E-state index contributed by atoms with van der Waals surface area (Å²) >= 11 is 0. The molecule has 7 nitrogen and oxygen atoms in total. The van der Waals surface area contributed by atoms with E-state index in [0.717, 1.165) is 5.56 Å². The van der Waals surface area contributed by atoms with Crippen molar-refractivity contribution in [1.82, 2.24) is 14.9 Å². The molecular weight excluding hydrogens is 334 g/mol. The lowest BCUT2D eigenvalue weighted by atomic mass is 10.2. The number of ether oxygens (including phenoxy) is 1. The number of amides is 1. The molecule has 0 aliphatic carbocycles. The van der Waals surface area contributed by atoms with Gasteiger partial charge < -0.3 is 14.5 Å². The van der Waals surface area contributed by atoms with Gasteiger partial charge in [0.1, 0.15) is 23.9 Å². The average Bonchev–Trinajstić information content (AvgIpc) is 3.16. The molecule has 3 aromatic rings. The molecule has 0 bridgehead atoms. The molecule has 7 heteroatoms. The summed E-state index contributed by atoms with van der Waals surface area (Å²) < 4.78 is 11.7. The van der Waals surface area contributed by atoms with E-state index in [9.17, 15) is 9.59 Å². The number of methoxy groups -OCH3 is 1. The highest BCUT2D eigenvalue weighted by Crippen LogP contribution is 2.20. The largest absolute Gasteiger partial charge is 0.497 e. The Labute approximate surface area is 150 Å². The topological polar surface area (TPSA) is 86.4 Å². The van der Waals surface area contributed by atoms with E-state index >= 15 is 0 Å². The number of carbonyl (C=O) groups excluding carboxylic acids is 1. The zero-order valence-corrected chi connectivity index (χ0v) is 14.6. The second kappa shape index (κ2) is 7.69. The van der Waals surface area contributed by atoms with Gasteiger partial charge in [-0.25, -0.2) is 4.98 Å². The molecule has 1 amide bonds. The van der Waals surface area contributed by atoms with Gasteiger partial charge in [0.2, 0.25) is 5.91 Å². The number of benzene rings is 1. The Morgan fingerprint density at radius 1 is 1.27 bits per heavy atom. The van der Waals surface area contributed by atoms with Gasteiger partial charge in [-0.1, -0.05) is 0 Å². The number of furan rings is 1. The van der Waals surface area contributed by atoms with E-state index in [2.05, 4.69) is 10.3 Å². The van der Waals surface area contributed by atoms with Crippen LogP contribution in [0.1, 0.15) is 11.5 Å². The van der Waals surface area contributed by atoms with Crippen LogP contribution in [0.15, 0.2) is 57.9 Å². The maximum atomic E-state index is 12.4. The van der Waals surface area contributed by atoms with E-state index in [1.165, 1.54) is 16.9 Å². The van der Waals surface area contributed by atoms with Crippen molar-refractivity contribution >= 4 is 5.91 Å². The Kier molecular flexibility index (Phi) is 5.17. The standard InChI is InChI=1S/C19H19N3O4/c1-13-10-18(24)22(12-17(23)20-11-16-4-3-9-26-16)19(21-13)14-5-7-15(25-2)8-6-14/h3-10H,11-12H2,1-2H3,(H,20,23). The molecule has 1 aromatic carbocycles. The highest BCUT2D eigenvalue weighted by atomic mass is 16.5. The minimum atomic E-state index is -0.302. The van der Waals surface area contributed by atoms with Gasteiger partial charge in [0, 0.05) is 17.3 Å². The molecular formula is C19H19N3O4. The van der Waals surface area contributed by atoms with Crippen LogP contribution < -0.4 is 15.6 Å². The van der Waals surface area contributed by atoms with E-state index in [1.807, 2.05) is 0 Å². The summed E-state index contributed by atoms with van der Waals surface area (Å²) in [5.41, 5.74) is 1.04. The van der Waals surface area contributed by atoms with Crippen LogP contribution in [0.2, 0.25) is 0 Å². The van der Waals surface area contributed by atoms with Crippen LogP contribution in [0.5, 0.6) is 5.75 Å². The van der Waals surface area contributed by atoms with Gasteiger partial charge in [0.05, 0.1) is 19.9 Å². The van der Waals surface area contributed by atoms with Gasteiger partial charge in [0.25, 0.3) is 5.56 Å². The predicted octanol–water partition coefficient (Wildman–Crippen LogP) is 2.14. The number of carbonyl (C=O) groups is 1. The number of hydrogen-bond acceptors (Lipinski definition) is 5. The highest BCUT2D eigenvalue weighted by Gasteiger charge is 2.13. The van der Waals surface area contributed by atoms with Crippen LogP contribution in [-0.2, 0) is 17.9 Å². The fourth-order valence-corrected chi connectivity index (χ4v) is 2.53. The Bertz CT molecular complexity index is 944. The molecule has 0 aliphatic rings. The predicted molar refractivity (Wildman–Crippen MR) is 95.8 cm³/mol. The quantitative estimate of drug-likeness (QED) is 0.734. The van der Waals surface area contributed by atoms with E-state index in [4.69, 9.17) is 9.15 Å². The van der Waals surface area contributed by atoms with Crippen LogP contribution >= 0.6 is 0 Å². The summed E-state index contributed by atoms with van der Waals surface area (Å²) in [7, 11) is 1.58. The van der Waals surface area contributed by atoms with E-state index < -0.39 is 0 Å². The molecule has 26 heavy (non-hydrogen) atoms. The smallest absolute Gasteiger partial charge is 0.254 e. The third-order valence-corrected chi connectivity index (χ3v) is 3.83. The SMILES string of the molecule is COc1ccc(-c2nc(C)cc(=O)n2CC(=O)NCc2ccco2)cc1. The Balaban J connectivity index is 1.85. The Morgan fingerprint density at radius 3 is 2.69 bits per heavy atom. The van der Waals surface area contributed by atoms with Crippen LogP contribution in [0.3, 0.4) is 0 Å². The van der Waals surface area contributed by atoms with Gasteiger partial charge in [-0.3, -0.25) is 14.2 Å². The molecule has 3 rings (SSSR count). The molecule has 0 saturated heterocycles. The van der Waals surface area contributed by atoms with Crippen molar-refractivity contribution in [2.24, 2.45) is 0 Å². The zero-order chi connectivity index (χ0) is 18.5. The van der Waals surface area contributed by atoms with Crippen LogP contribution in [0.25, 0.3) is 11.4 Å². The first kappa shape index (κ1) is 17.5. The summed E-state index contributed by atoms with van der Waals surface area (Å²) in [4.78, 5) is 29.1. The van der Waals surface area contributed by atoms with Crippen LogP contribution in [-0.4, -0.2) is 22.6 Å². The minimum Gasteiger partial charge on any atom is -0.497 e. The average molecular weight is 353 g/mol. The summed E-state index contributed by atoms with van der Waals surface area (Å²) in [6.07, 6.45) is 1.54. The number of nitrogens with one attached hydrogen (secondary N) is 1. The zero-order valence-electron chi connectivity index (χ0n) is 14.6. The van der Waals surface area contributed by atoms with Gasteiger partial charge in [-0.2, -0.15) is 0 Å². The third kappa shape index (κ3) is 4.00. The van der Waals surface area contributed by atoms with E-state index in [1.54, 1.807) is 50.4 Å². The van der Waals surface area contributed by atoms with Crippen molar-refractivity contribution in [2.45, 2.75) is 20.0 Å². The van der Waals surface area contributed by atoms with Crippen molar-refractivity contribution in [3.63, 3.8) is 0 Å². The molecule has 0 atom stereocenters. The van der Waals surface area contributed by atoms with Crippen LogP contribution in [0.4, 0.5) is 0 Å². The van der Waals surface area contributed by atoms with E-state index in [-0.39, 0.29) is 24.6 Å². The van der Waals surface area contributed by atoms with Gasteiger partial charge >= 0.3 is 0 Å². The van der Waals surface area contributed by atoms with Gasteiger partial charge in [0.15, 0.2) is 0 Å². The summed E-state index contributed by atoms with van der Waals surface area (Å²) in [6.45, 7) is 1.88. The van der Waals surface area contributed by atoms with Crippen molar-refractivity contribution in [1.29, 1.82) is 0 Å². The minimum absolute atomic E-state index is 0.131. The highest BCUT2D eigenvalue weighted by molar-refractivity contribution is 5.76. The molecule has 1 N–H and O–H groups in total. The maximum absolute atomic E-state index is 12.4. The number of rotatable bonds is 6. The normalized spacial score (nSPS) is 10.5. The summed E-state index contributed by atoms with van der Waals surface area (Å²) in [5, 5.41) is 2.73. The van der Waals surface area contributed by atoms with E-state index in [0.29, 0.717) is 23.0 Å². The Hall–Kier alpha value is -3.35. The molecule has 134 valence electrons. The fraction of sp³-hybridized carbons (Fsp3) is 0.211. The molecule has 2 aromatic heterocycles. The van der Waals surface area contributed by atoms with Crippen molar-refractivity contribution < 1.29 is 13.9 Å². The lowest BCUT2D eigenvalue weighted by Crippen LogP contribution is -2.33. The number of nitrogens with zero attached hydrogens (tertiary/aromatic N) is 2. The first-order valence-electron chi connectivity index (χ1n) is 8.09. The Morgan fingerprint density at radius 2 is 2.04 bits per heavy atom. The molecule has 2 heterocycles. The third-order valence-electron chi connectivity index (χ3n) is 3.83. The molecule has 0 radical (unpaired) electrons. The number of aromatic nitrogens is 2. The molecule has 0 spiro atoms. The summed E-state index contributed by atoms with van der Waals surface area (Å²) in [5.74, 6) is 1.48. The lowest BCUT2D eigenvalue weighted by Gasteiger charge is -2.13. The molecule has 0 aliphatic heterocycles. The number of aryl methyl sites for hydroxylation is 1. The lowest BCUT2D eigenvalue weighted by molar-refractivity contribution is -0.121. The molecule has 0 fully saturated rings. The van der Waals surface area contributed by atoms with Crippen molar-refractivity contribution in [2.75, 3.05) is 7.11 Å². The first-order chi connectivity index (χ1) is 12.6. The maximum Gasteiger partial charge on any atom is 0.254 e. The summed E-state index contributed by atoms with van der Waals surface area (Å²) in [6, 6.07) is 12.1. The molecule has 0 saturated carbocycles. The second-order valence-corrected chi connectivity index (χ2v) is 5.73. The van der Waals surface area contributed by atoms with Gasteiger partial charge in [-0.15, -0.1) is 0 Å². The van der Waals surface area contributed by atoms with Gasteiger partial charge in [-0.05, 0) is 43.3 Å². The number of hydrogen-bond donors (Lipinski definition) is 1. The first-order valence-corrected chi connectivity index (χ1v) is 8.09.